The van der Waals surface area contributed by atoms with Gasteiger partial charge >= 0.3 is 0 Å². The van der Waals surface area contributed by atoms with Gasteiger partial charge in [0.1, 0.15) is 10.7 Å². The Bertz CT molecular complexity index is 1350. The highest BCUT2D eigenvalue weighted by molar-refractivity contribution is 7.89. The van der Waals surface area contributed by atoms with Crippen molar-refractivity contribution in [2.24, 2.45) is 0 Å². The third-order valence-electron chi connectivity index (χ3n) is 5.76. The summed E-state index contributed by atoms with van der Waals surface area (Å²) >= 11 is 6.25. The van der Waals surface area contributed by atoms with Crippen LogP contribution in [-0.4, -0.2) is 53.6 Å². The number of nitrogens with one attached hydrogen (secondary N) is 1. The summed E-state index contributed by atoms with van der Waals surface area (Å²) < 4.78 is 27.9. The molecule has 2 aromatic carbocycles. The predicted octanol–water partition coefficient (Wildman–Crippen LogP) is 3.41. The highest BCUT2D eigenvalue weighted by Gasteiger charge is 2.28. The van der Waals surface area contributed by atoms with Gasteiger partial charge in [-0.1, -0.05) is 36.6 Å². The third-order valence-corrected chi connectivity index (χ3v) is 8.14. The van der Waals surface area contributed by atoms with Crippen LogP contribution in [0, 0.1) is 0 Å². The fraction of sp³-hybridized carbons (Fsp3) is 0.348. The number of sulfonamides is 1. The number of benzene rings is 2. The molecule has 174 valence electrons. The van der Waals surface area contributed by atoms with E-state index in [2.05, 4.69) is 9.97 Å². The lowest BCUT2D eigenvalue weighted by molar-refractivity contribution is 0.0781. The number of para-hydroxylation sites is 1. The lowest BCUT2D eigenvalue weighted by atomic mass is 10.2. The summed E-state index contributed by atoms with van der Waals surface area (Å²) in [7, 11) is -2.25. The van der Waals surface area contributed by atoms with Crippen LogP contribution in [0.1, 0.15) is 41.9 Å². The number of fused-ring (bicyclic) bond motifs is 1. The molecule has 0 aliphatic carbocycles. The first-order chi connectivity index (χ1) is 15.8. The molecule has 0 radical (unpaired) electrons. The Kier molecular flexibility index (Phi) is 6.83. The Hall–Kier alpha value is -2.75. The maximum Gasteiger partial charge on any atom is 0.258 e. The first-order valence-corrected chi connectivity index (χ1v) is 12.6. The maximum atomic E-state index is 13.2. The Morgan fingerprint density at radius 1 is 1.12 bits per heavy atom. The van der Waals surface area contributed by atoms with Gasteiger partial charge in [-0.15, -0.1) is 0 Å². The lowest BCUT2D eigenvalue weighted by Gasteiger charge is -2.22. The van der Waals surface area contributed by atoms with Crippen molar-refractivity contribution in [1.29, 1.82) is 0 Å². The molecule has 1 saturated heterocycles. The maximum absolute atomic E-state index is 13.2. The number of aromatic nitrogens is 2. The van der Waals surface area contributed by atoms with Crippen LogP contribution in [0.5, 0.6) is 0 Å². The van der Waals surface area contributed by atoms with Gasteiger partial charge in [0.25, 0.3) is 11.5 Å². The van der Waals surface area contributed by atoms with Gasteiger partial charge in [-0.2, -0.15) is 4.31 Å². The summed E-state index contributed by atoms with van der Waals surface area (Å²) in [6.45, 7) is 0.936. The Labute approximate surface area is 197 Å². The second-order valence-corrected chi connectivity index (χ2v) is 10.5. The van der Waals surface area contributed by atoms with Gasteiger partial charge in [0.2, 0.25) is 10.0 Å². The van der Waals surface area contributed by atoms with E-state index in [0.717, 1.165) is 25.7 Å². The number of aromatic amines is 1. The number of halogens is 1. The fourth-order valence-corrected chi connectivity index (χ4v) is 6.00. The van der Waals surface area contributed by atoms with Gasteiger partial charge in [0, 0.05) is 25.7 Å². The second kappa shape index (κ2) is 9.62. The van der Waals surface area contributed by atoms with E-state index in [0.29, 0.717) is 29.8 Å². The Morgan fingerprint density at radius 3 is 2.55 bits per heavy atom. The van der Waals surface area contributed by atoms with Crippen molar-refractivity contribution in [3.8, 4) is 0 Å². The van der Waals surface area contributed by atoms with Crippen LogP contribution in [0.15, 0.2) is 52.2 Å². The molecule has 2 heterocycles. The fourth-order valence-electron chi connectivity index (χ4n) is 3.98. The minimum absolute atomic E-state index is 0.0513. The molecule has 0 unspecified atom stereocenters. The molecule has 0 bridgehead atoms. The number of carbonyl (C=O) groups is 1. The molecule has 0 atom stereocenters. The van der Waals surface area contributed by atoms with Crippen LogP contribution in [0.3, 0.4) is 0 Å². The van der Waals surface area contributed by atoms with Crippen molar-refractivity contribution in [2.45, 2.75) is 37.1 Å². The van der Waals surface area contributed by atoms with Crippen molar-refractivity contribution in [1.82, 2.24) is 19.2 Å². The summed E-state index contributed by atoms with van der Waals surface area (Å²) in [6, 6.07) is 11.2. The van der Waals surface area contributed by atoms with E-state index < -0.39 is 15.9 Å². The molecule has 8 nitrogen and oxygen atoms in total. The molecule has 1 fully saturated rings. The molecule has 1 N–H and O–H groups in total. The average molecular weight is 489 g/mol. The normalized spacial score (nSPS) is 15.3. The zero-order chi connectivity index (χ0) is 23.6. The van der Waals surface area contributed by atoms with E-state index in [1.807, 2.05) is 0 Å². The lowest BCUT2D eigenvalue weighted by Crippen LogP contribution is -2.32. The summed E-state index contributed by atoms with van der Waals surface area (Å²) in [5, 5.41) is 0.551. The van der Waals surface area contributed by atoms with Crippen molar-refractivity contribution >= 4 is 38.4 Å². The molecular formula is C23H25ClN4O4S. The smallest absolute Gasteiger partial charge is 0.258 e. The number of hydrogen-bond donors (Lipinski definition) is 1. The summed E-state index contributed by atoms with van der Waals surface area (Å²) in [5.41, 5.74) is 0.446. The van der Waals surface area contributed by atoms with Crippen LogP contribution in [0.2, 0.25) is 5.02 Å². The molecule has 10 heteroatoms. The van der Waals surface area contributed by atoms with Crippen molar-refractivity contribution in [2.75, 3.05) is 20.1 Å². The van der Waals surface area contributed by atoms with Gasteiger partial charge in [-0.25, -0.2) is 13.4 Å². The highest BCUT2D eigenvalue weighted by atomic mass is 35.5. The van der Waals surface area contributed by atoms with Crippen molar-refractivity contribution in [3.05, 3.63) is 69.2 Å². The van der Waals surface area contributed by atoms with Crippen molar-refractivity contribution in [3.63, 3.8) is 0 Å². The standard InChI is InChI=1S/C23H25ClN4O4S/c1-27(15-21-25-19-9-5-4-8-17(19)22(29)26-21)23(30)16-10-11-18(24)20(14-16)33(31,32)28-12-6-2-3-7-13-28/h4-5,8-11,14H,2-3,6-7,12-13,15H2,1H3,(H,25,26,29). The number of amides is 1. The minimum atomic E-state index is -3.82. The molecule has 0 saturated carbocycles. The first kappa shape index (κ1) is 23.4. The number of hydrogen-bond acceptors (Lipinski definition) is 5. The van der Waals surface area contributed by atoms with Gasteiger partial charge in [-0.3, -0.25) is 9.59 Å². The Balaban J connectivity index is 1.59. The van der Waals surface area contributed by atoms with Gasteiger partial charge < -0.3 is 9.88 Å². The van der Waals surface area contributed by atoms with E-state index >= 15 is 0 Å². The molecule has 1 aliphatic heterocycles. The quantitative estimate of drug-likeness (QED) is 0.592. The molecule has 3 aromatic rings. The van der Waals surface area contributed by atoms with E-state index in [1.54, 1.807) is 31.3 Å². The molecule has 0 spiro atoms. The summed E-state index contributed by atoms with van der Waals surface area (Å²) in [4.78, 5) is 33.8. The number of carbonyl (C=O) groups excluding carboxylic acids is 1. The van der Waals surface area contributed by atoms with E-state index in [9.17, 15) is 18.0 Å². The zero-order valence-electron chi connectivity index (χ0n) is 18.3. The molecular weight excluding hydrogens is 464 g/mol. The largest absolute Gasteiger partial charge is 0.334 e. The van der Waals surface area contributed by atoms with Crippen LogP contribution in [0.4, 0.5) is 0 Å². The molecule has 1 amide bonds. The van der Waals surface area contributed by atoms with Gasteiger partial charge in [0.15, 0.2) is 0 Å². The van der Waals surface area contributed by atoms with Gasteiger partial charge in [0.05, 0.1) is 22.5 Å². The predicted molar refractivity (Wildman–Crippen MR) is 127 cm³/mol. The van der Waals surface area contributed by atoms with Crippen molar-refractivity contribution < 1.29 is 13.2 Å². The third kappa shape index (κ3) is 4.95. The van der Waals surface area contributed by atoms with Gasteiger partial charge in [-0.05, 0) is 43.2 Å². The van der Waals surface area contributed by atoms with E-state index in [-0.39, 0.29) is 27.6 Å². The SMILES string of the molecule is CN(Cc1nc2ccccc2c(=O)[nH]1)C(=O)c1ccc(Cl)c(S(=O)(=O)N2CCCCCC2)c1. The van der Waals surface area contributed by atoms with E-state index in [1.165, 1.54) is 27.4 Å². The molecule has 4 rings (SSSR count). The zero-order valence-corrected chi connectivity index (χ0v) is 19.8. The van der Waals surface area contributed by atoms with Crippen LogP contribution in [-0.2, 0) is 16.6 Å². The van der Waals surface area contributed by atoms with Crippen LogP contribution in [0.25, 0.3) is 10.9 Å². The summed E-state index contributed by atoms with van der Waals surface area (Å²) in [6.07, 6.45) is 3.59. The highest BCUT2D eigenvalue weighted by Crippen LogP contribution is 2.28. The molecule has 1 aliphatic rings. The number of nitrogens with zero attached hydrogens (tertiary/aromatic N) is 3. The van der Waals surface area contributed by atoms with E-state index in [4.69, 9.17) is 11.6 Å². The number of H-pyrrole nitrogens is 1. The average Bonchev–Trinajstić information content (AvgIpc) is 3.09. The second-order valence-electron chi connectivity index (χ2n) is 8.15. The Morgan fingerprint density at radius 2 is 1.82 bits per heavy atom. The minimum Gasteiger partial charge on any atom is -0.334 e. The van der Waals surface area contributed by atoms with Crippen LogP contribution >= 0.6 is 11.6 Å². The van der Waals surface area contributed by atoms with Crippen LogP contribution < -0.4 is 5.56 Å². The number of rotatable bonds is 5. The monoisotopic (exact) mass is 488 g/mol. The topological polar surface area (TPSA) is 103 Å². The summed E-state index contributed by atoms with van der Waals surface area (Å²) in [5.74, 6) is -0.0734. The molecule has 33 heavy (non-hydrogen) atoms. The first-order valence-electron chi connectivity index (χ1n) is 10.8. The molecule has 1 aromatic heterocycles.